The summed E-state index contributed by atoms with van der Waals surface area (Å²) < 4.78 is 0. The van der Waals surface area contributed by atoms with Crippen molar-refractivity contribution in [2.75, 3.05) is 4.90 Å². The van der Waals surface area contributed by atoms with Gasteiger partial charge in [-0.1, -0.05) is 151 Å². The van der Waals surface area contributed by atoms with Gasteiger partial charge in [-0.3, -0.25) is 0 Å². The van der Waals surface area contributed by atoms with Gasteiger partial charge in [0.15, 0.2) is 0 Å². The predicted octanol–water partition coefficient (Wildman–Crippen LogP) is 9.44. The normalized spacial score (nSPS) is 12.7. The monoisotopic (exact) mass is 573 g/mol. The summed E-state index contributed by atoms with van der Waals surface area (Å²) in [6, 6.07) is 66.3. The molecule has 0 aliphatic heterocycles. The Kier molecular flexibility index (Phi) is 6.69. The van der Waals surface area contributed by atoms with E-state index in [9.17, 15) is 0 Å². The van der Waals surface area contributed by atoms with Crippen molar-refractivity contribution in [3.05, 3.63) is 204 Å². The first-order valence-electron chi connectivity index (χ1n) is 15.6. The molecule has 0 amide bonds. The molecule has 7 aromatic carbocycles. The van der Waals surface area contributed by atoms with Crippen molar-refractivity contribution in [3.8, 4) is 22.3 Å². The zero-order valence-electron chi connectivity index (χ0n) is 25.3. The Balaban J connectivity index is 1.39. The minimum Gasteiger partial charge on any atom is -0.310 e. The highest BCUT2D eigenvalue weighted by Crippen LogP contribution is 2.57. The SMILES string of the molecule is Bc1ccccc1-c1cccc(N(c2ccccc2)c2ccc3c(c2)C(c2ccccc2)(c2ccccc2)c2ccccc2-3)c1. The molecule has 7 aromatic rings. The molecule has 0 saturated heterocycles. The maximum absolute atomic E-state index is 2.43. The lowest BCUT2D eigenvalue weighted by Crippen LogP contribution is -2.28. The summed E-state index contributed by atoms with van der Waals surface area (Å²) in [5.41, 5.74) is 14.4. The molecule has 0 saturated carbocycles. The van der Waals surface area contributed by atoms with Gasteiger partial charge >= 0.3 is 0 Å². The molecule has 212 valence electrons. The summed E-state index contributed by atoms with van der Waals surface area (Å²) >= 11 is 0. The average Bonchev–Trinajstić information content (AvgIpc) is 3.40. The van der Waals surface area contributed by atoms with Crippen molar-refractivity contribution in [3.63, 3.8) is 0 Å². The Morgan fingerprint density at radius 2 is 0.911 bits per heavy atom. The van der Waals surface area contributed by atoms with Gasteiger partial charge in [0.05, 0.1) is 5.41 Å². The van der Waals surface area contributed by atoms with Crippen molar-refractivity contribution in [1.29, 1.82) is 0 Å². The van der Waals surface area contributed by atoms with Gasteiger partial charge in [0.2, 0.25) is 0 Å². The van der Waals surface area contributed by atoms with E-state index in [0.29, 0.717) is 0 Å². The standard InChI is InChI=1S/C43H32BN/c44-42-26-13-11-23-37(42)31-15-14-22-35(29-31)45(34-20-8-3-9-21-34)36-27-28-39-38-24-10-12-25-40(38)43(41(39)30-36,32-16-4-1-5-17-32)33-18-6-2-7-19-33/h1-30H,44H2. The second kappa shape index (κ2) is 11.2. The van der Waals surface area contributed by atoms with Gasteiger partial charge in [-0.15, -0.1) is 0 Å². The van der Waals surface area contributed by atoms with Gasteiger partial charge in [-0.2, -0.15) is 0 Å². The first-order valence-corrected chi connectivity index (χ1v) is 15.6. The van der Waals surface area contributed by atoms with E-state index in [1.165, 1.54) is 50.0 Å². The molecule has 0 spiro atoms. The summed E-state index contributed by atoms with van der Waals surface area (Å²) in [7, 11) is 2.18. The van der Waals surface area contributed by atoms with E-state index < -0.39 is 5.41 Å². The number of para-hydroxylation sites is 1. The predicted molar refractivity (Wildman–Crippen MR) is 192 cm³/mol. The molecule has 1 aliphatic rings. The van der Waals surface area contributed by atoms with Gasteiger partial charge in [0, 0.05) is 17.1 Å². The van der Waals surface area contributed by atoms with Crippen LogP contribution < -0.4 is 10.4 Å². The van der Waals surface area contributed by atoms with E-state index in [1.54, 1.807) is 0 Å². The first kappa shape index (κ1) is 27.0. The fourth-order valence-corrected chi connectivity index (χ4v) is 7.31. The van der Waals surface area contributed by atoms with Crippen LogP contribution in [0, 0.1) is 0 Å². The van der Waals surface area contributed by atoms with E-state index in [4.69, 9.17) is 0 Å². The molecule has 0 heterocycles. The Bertz CT molecular complexity index is 2080. The summed E-state index contributed by atoms with van der Waals surface area (Å²) in [5, 5.41) is 0. The molecule has 0 unspecified atom stereocenters. The second-order valence-corrected chi connectivity index (χ2v) is 11.8. The van der Waals surface area contributed by atoms with E-state index in [0.717, 1.165) is 17.1 Å². The number of hydrogen-bond donors (Lipinski definition) is 0. The van der Waals surface area contributed by atoms with Gasteiger partial charge in [0.1, 0.15) is 7.85 Å². The molecule has 0 N–H and O–H groups in total. The summed E-state index contributed by atoms with van der Waals surface area (Å²) in [4.78, 5) is 2.39. The summed E-state index contributed by atoms with van der Waals surface area (Å²) in [6.45, 7) is 0. The number of fused-ring (bicyclic) bond motifs is 3. The Morgan fingerprint density at radius 1 is 0.378 bits per heavy atom. The fraction of sp³-hybridized carbons (Fsp3) is 0.0233. The number of hydrogen-bond acceptors (Lipinski definition) is 1. The highest BCUT2D eigenvalue weighted by Gasteiger charge is 2.46. The molecular weight excluding hydrogens is 541 g/mol. The first-order chi connectivity index (χ1) is 22.2. The third kappa shape index (κ3) is 4.41. The second-order valence-electron chi connectivity index (χ2n) is 11.8. The van der Waals surface area contributed by atoms with E-state index in [2.05, 4.69) is 195 Å². The Labute approximate surface area is 266 Å². The van der Waals surface area contributed by atoms with Crippen molar-refractivity contribution in [1.82, 2.24) is 0 Å². The maximum atomic E-state index is 2.43. The van der Waals surface area contributed by atoms with Crippen LogP contribution in [-0.4, -0.2) is 7.85 Å². The van der Waals surface area contributed by atoms with Crippen molar-refractivity contribution >= 4 is 30.4 Å². The number of rotatable bonds is 6. The van der Waals surface area contributed by atoms with Crippen LogP contribution in [0.25, 0.3) is 22.3 Å². The molecule has 45 heavy (non-hydrogen) atoms. The largest absolute Gasteiger partial charge is 0.310 e. The van der Waals surface area contributed by atoms with Crippen molar-refractivity contribution in [2.45, 2.75) is 5.41 Å². The molecule has 8 rings (SSSR count). The lowest BCUT2D eigenvalue weighted by Gasteiger charge is -2.35. The third-order valence-electron chi connectivity index (χ3n) is 9.28. The molecule has 1 nitrogen and oxygen atoms in total. The molecular formula is C43H32BN. The Hall–Kier alpha value is -5.60. The quantitative estimate of drug-likeness (QED) is 0.179. The number of anilines is 3. The van der Waals surface area contributed by atoms with Crippen LogP contribution in [-0.2, 0) is 5.41 Å². The fourth-order valence-electron chi connectivity index (χ4n) is 7.31. The molecule has 2 heteroatoms. The van der Waals surface area contributed by atoms with E-state index >= 15 is 0 Å². The van der Waals surface area contributed by atoms with Gasteiger partial charge in [-0.25, -0.2) is 0 Å². The van der Waals surface area contributed by atoms with Gasteiger partial charge < -0.3 is 4.90 Å². The molecule has 0 radical (unpaired) electrons. The van der Waals surface area contributed by atoms with Crippen molar-refractivity contribution in [2.24, 2.45) is 0 Å². The van der Waals surface area contributed by atoms with Crippen molar-refractivity contribution < 1.29 is 0 Å². The lowest BCUT2D eigenvalue weighted by atomic mass is 9.67. The van der Waals surface area contributed by atoms with Crippen LogP contribution in [0.15, 0.2) is 182 Å². The minimum absolute atomic E-state index is 0.449. The summed E-state index contributed by atoms with van der Waals surface area (Å²) in [5.74, 6) is 0. The van der Waals surface area contributed by atoms with Gasteiger partial charge in [-0.05, 0) is 80.9 Å². The molecule has 0 fully saturated rings. The van der Waals surface area contributed by atoms with Crippen LogP contribution in [0.3, 0.4) is 0 Å². The average molecular weight is 574 g/mol. The molecule has 0 atom stereocenters. The smallest absolute Gasteiger partial charge is 0.140 e. The van der Waals surface area contributed by atoms with E-state index in [1.807, 2.05) is 0 Å². The minimum atomic E-state index is -0.449. The lowest BCUT2D eigenvalue weighted by molar-refractivity contribution is 0.768. The highest BCUT2D eigenvalue weighted by atomic mass is 15.1. The van der Waals surface area contributed by atoms with Crippen LogP contribution in [0.1, 0.15) is 22.3 Å². The third-order valence-corrected chi connectivity index (χ3v) is 9.28. The summed E-state index contributed by atoms with van der Waals surface area (Å²) in [6.07, 6.45) is 0. The molecule has 0 bridgehead atoms. The number of benzene rings is 7. The van der Waals surface area contributed by atoms with Crippen LogP contribution in [0.5, 0.6) is 0 Å². The highest BCUT2D eigenvalue weighted by molar-refractivity contribution is 6.35. The van der Waals surface area contributed by atoms with Gasteiger partial charge in [0.25, 0.3) is 0 Å². The molecule has 0 aromatic heterocycles. The van der Waals surface area contributed by atoms with Crippen LogP contribution in [0.4, 0.5) is 17.1 Å². The van der Waals surface area contributed by atoms with Crippen LogP contribution in [0.2, 0.25) is 0 Å². The zero-order valence-corrected chi connectivity index (χ0v) is 25.3. The molecule has 1 aliphatic carbocycles. The van der Waals surface area contributed by atoms with E-state index in [-0.39, 0.29) is 0 Å². The number of nitrogens with zero attached hydrogens (tertiary/aromatic N) is 1. The maximum Gasteiger partial charge on any atom is 0.140 e. The topological polar surface area (TPSA) is 3.24 Å². The zero-order chi connectivity index (χ0) is 30.2. The Morgan fingerprint density at radius 3 is 1.60 bits per heavy atom. The van der Waals surface area contributed by atoms with Crippen LogP contribution >= 0.6 is 0 Å².